The molecule has 27 heavy (non-hydrogen) atoms. The van der Waals surface area contributed by atoms with Crippen molar-refractivity contribution in [2.45, 2.75) is 77.8 Å². The topological polar surface area (TPSA) is 46.9 Å². The maximum Gasteiger partial charge on any atom is 0.272 e. The number of carbonyl (C=O) groups is 1. The van der Waals surface area contributed by atoms with Crippen molar-refractivity contribution in [1.29, 1.82) is 0 Å². The van der Waals surface area contributed by atoms with Crippen LogP contribution in [0.4, 0.5) is 0 Å². The molecule has 0 radical (unpaired) electrons. The number of imidazole rings is 1. The second kappa shape index (κ2) is 7.87. The van der Waals surface area contributed by atoms with Crippen molar-refractivity contribution < 1.29 is 4.79 Å². The molecule has 1 saturated carbocycles. The van der Waals surface area contributed by atoms with Crippen LogP contribution in [0.25, 0.3) is 11.4 Å². The highest BCUT2D eigenvalue weighted by molar-refractivity contribution is 5.94. The van der Waals surface area contributed by atoms with E-state index < -0.39 is 0 Å². The number of aryl methyl sites for hydroxylation is 1. The number of fused-ring (bicyclic) bond motifs is 1. The molecule has 1 aliphatic carbocycles. The zero-order chi connectivity index (χ0) is 18.8. The highest BCUT2D eigenvalue weighted by Crippen LogP contribution is 2.29. The summed E-state index contributed by atoms with van der Waals surface area (Å²) >= 11 is 0. The lowest BCUT2D eigenvalue weighted by Gasteiger charge is -2.29. The van der Waals surface area contributed by atoms with Gasteiger partial charge in [0.1, 0.15) is 11.5 Å². The Morgan fingerprint density at radius 3 is 2.63 bits per heavy atom. The first-order valence-corrected chi connectivity index (χ1v) is 10.6. The van der Waals surface area contributed by atoms with Crippen LogP contribution in [0.1, 0.15) is 73.6 Å². The fourth-order valence-electron chi connectivity index (χ4n) is 4.59. The zero-order valence-electron chi connectivity index (χ0n) is 16.6. The van der Waals surface area contributed by atoms with Crippen molar-refractivity contribution in [3.8, 4) is 11.4 Å². The molecule has 1 fully saturated rings. The van der Waals surface area contributed by atoms with Gasteiger partial charge in [0.2, 0.25) is 0 Å². The minimum Gasteiger partial charge on any atom is -0.348 e. The van der Waals surface area contributed by atoms with Crippen LogP contribution in [0.5, 0.6) is 0 Å². The SMILES string of the molecule is Cc1ccc(-c2nc(C(=O)N[C@H]3CCCC[C@H]3C)c3n2CCCCC3)cc1. The maximum absolute atomic E-state index is 13.2. The van der Waals surface area contributed by atoms with Crippen LogP contribution in [-0.2, 0) is 13.0 Å². The number of amides is 1. The molecule has 0 saturated heterocycles. The largest absolute Gasteiger partial charge is 0.348 e. The summed E-state index contributed by atoms with van der Waals surface area (Å²) in [5, 5.41) is 3.31. The van der Waals surface area contributed by atoms with Gasteiger partial charge in [-0.15, -0.1) is 0 Å². The third kappa shape index (κ3) is 3.80. The fraction of sp³-hybridized carbons (Fsp3) is 0.565. The van der Waals surface area contributed by atoms with Crippen LogP contribution >= 0.6 is 0 Å². The average Bonchev–Trinajstić information content (AvgIpc) is 2.86. The van der Waals surface area contributed by atoms with Crippen molar-refractivity contribution in [3.05, 3.63) is 41.2 Å². The minimum absolute atomic E-state index is 0.0257. The molecule has 4 nitrogen and oxygen atoms in total. The Morgan fingerprint density at radius 1 is 1.07 bits per heavy atom. The van der Waals surface area contributed by atoms with Crippen LogP contribution in [0.2, 0.25) is 0 Å². The molecule has 2 atom stereocenters. The van der Waals surface area contributed by atoms with Gasteiger partial charge in [0.05, 0.1) is 5.69 Å². The van der Waals surface area contributed by atoms with Crippen molar-refractivity contribution in [3.63, 3.8) is 0 Å². The molecule has 1 N–H and O–H groups in total. The minimum atomic E-state index is 0.0257. The van der Waals surface area contributed by atoms with E-state index in [0.29, 0.717) is 11.6 Å². The van der Waals surface area contributed by atoms with E-state index in [1.54, 1.807) is 0 Å². The van der Waals surface area contributed by atoms with Crippen molar-refractivity contribution in [2.75, 3.05) is 0 Å². The molecule has 0 unspecified atom stereocenters. The standard InChI is InChI=1S/C23H31N3O/c1-16-11-13-18(14-12-16)22-25-21(20-10-4-3-7-15-26(20)22)23(27)24-19-9-6-5-8-17(19)2/h11-14,17,19H,3-10,15H2,1-2H3,(H,24,27)/t17-,19+/m1/s1. The van der Waals surface area contributed by atoms with E-state index >= 15 is 0 Å². The van der Waals surface area contributed by atoms with Crippen LogP contribution in [0.15, 0.2) is 24.3 Å². The highest BCUT2D eigenvalue weighted by Gasteiger charge is 2.28. The first kappa shape index (κ1) is 18.3. The van der Waals surface area contributed by atoms with Crippen molar-refractivity contribution in [2.24, 2.45) is 5.92 Å². The summed E-state index contributed by atoms with van der Waals surface area (Å²) in [6.45, 7) is 5.31. The van der Waals surface area contributed by atoms with E-state index in [4.69, 9.17) is 4.98 Å². The maximum atomic E-state index is 13.2. The van der Waals surface area contributed by atoms with Gasteiger partial charge >= 0.3 is 0 Å². The Balaban J connectivity index is 1.67. The van der Waals surface area contributed by atoms with Gasteiger partial charge in [-0.25, -0.2) is 4.98 Å². The fourth-order valence-corrected chi connectivity index (χ4v) is 4.59. The molecule has 4 rings (SSSR count). The van der Waals surface area contributed by atoms with Gasteiger partial charge < -0.3 is 9.88 Å². The molecule has 2 aliphatic rings. The Bertz CT molecular complexity index is 806. The number of benzene rings is 1. The van der Waals surface area contributed by atoms with Crippen LogP contribution in [-0.4, -0.2) is 21.5 Å². The smallest absolute Gasteiger partial charge is 0.272 e. The number of hydrogen-bond acceptors (Lipinski definition) is 2. The lowest BCUT2D eigenvalue weighted by molar-refractivity contribution is 0.0904. The van der Waals surface area contributed by atoms with Gasteiger partial charge in [-0.2, -0.15) is 0 Å². The summed E-state index contributed by atoms with van der Waals surface area (Å²) in [5.74, 6) is 1.53. The summed E-state index contributed by atoms with van der Waals surface area (Å²) in [5.41, 5.74) is 4.13. The predicted molar refractivity (Wildman–Crippen MR) is 109 cm³/mol. The van der Waals surface area contributed by atoms with Crippen LogP contribution in [0.3, 0.4) is 0 Å². The van der Waals surface area contributed by atoms with Crippen LogP contribution in [0, 0.1) is 12.8 Å². The number of nitrogens with one attached hydrogen (secondary N) is 1. The average molecular weight is 366 g/mol. The molecule has 144 valence electrons. The molecular weight excluding hydrogens is 334 g/mol. The Morgan fingerprint density at radius 2 is 1.85 bits per heavy atom. The molecule has 1 aromatic heterocycles. The van der Waals surface area contributed by atoms with Crippen molar-refractivity contribution in [1.82, 2.24) is 14.9 Å². The zero-order valence-corrected chi connectivity index (χ0v) is 16.6. The normalized spacial score (nSPS) is 22.7. The van der Waals surface area contributed by atoms with E-state index in [1.165, 1.54) is 31.2 Å². The highest BCUT2D eigenvalue weighted by atomic mass is 16.2. The van der Waals surface area contributed by atoms with E-state index in [2.05, 4.69) is 48.0 Å². The second-order valence-electron chi connectivity index (χ2n) is 8.40. The van der Waals surface area contributed by atoms with Gasteiger partial charge in [0.25, 0.3) is 5.91 Å². The van der Waals surface area contributed by atoms with Gasteiger partial charge in [-0.05, 0) is 44.9 Å². The third-order valence-corrected chi connectivity index (χ3v) is 6.32. The number of rotatable bonds is 3. The predicted octanol–water partition coefficient (Wildman–Crippen LogP) is 4.89. The second-order valence-corrected chi connectivity index (χ2v) is 8.40. The lowest BCUT2D eigenvalue weighted by Crippen LogP contribution is -2.41. The summed E-state index contributed by atoms with van der Waals surface area (Å²) < 4.78 is 2.30. The lowest BCUT2D eigenvalue weighted by atomic mass is 9.86. The monoisotopic (exact) mass is 365 g/mol. The van der Waals surface area contributed by atoms with Crippen molar-refractivity contribution >= 4 is 5.91 Å². The summed E-state index contributed by atoms with van der Waals surface area (Å²) in [4.78, 5) is 18.0. The molecule has 0 bridgehead atoms. The van der Waals surface area contributed by atoms with E-state index in [-0.39, 0.29) is 11.9 Å². The molecule has 1 aromatic carbocycles. The molecule has 1 aliphatic heterocycles. The molecule has 2 aromatic rings. The Labute approximate surface area is 162 Å². The third-order valence-electron chi connectivity index (χ3n) is 6.32. The molecule has 0 spiro atoms. The van der Waals surface area contributed by atoms with Gasteiger partial charge in [0, 0.05) is 18.2 Å². The number of aromatic nitrogens is 2. The van der Waals surface area contributed by atoms with E-state index in [9.17, 15) is 4.79 Å². The molecule has 4 heteroatoms. The van der Waals surface area contributed by atoms with E-state index in [1.807, 2.05) is 0 Å². The van der Waals surface area contributed by atoms with Crippen LogP contribution < -0.4 is 5.32 Å². The quantitative estimate of drug-likeness (QED) is 0.841. The van der Waals surface area contributed by atoms with Gasteiger partial charge in [-0.1, -0.05) is 56.0 Å². The first-order valence-electron chi connectivity index (χ1n) is 10.6. The summed E-state index contributed by atoms with van der Waals surface area (Å²) in [6, 6.07) is 8.78. The van der Waals surface area contributed by atoms with E-state index in [0.717, 1.165) is 49.3 Å². The molecule has 2 heterocycles. The number of hydrogen-bond donors (Lipinski definition) is 1. The van der Waals surface area contributed by atoms with Gasteiger partial charge in [-0.3, -0.25) is 4.79 Å². The summed E-state index contributed by atoms with van der Waals surface area (Å²) in [7, 11) is 0. The first-order chi connectivity index (χ1) is 13.1. The number of carbonyl (C=O) groups excluding carboxylic acids is 1. The number of nitrogens with zero attached hydrogens (tertiary/aromatic N) is 2. The summed E-state index contributed by atoms with van der Waals surface area (Å²) in [6.07, 6.45) is 9.25. The van der Waals surface area contributed by atoms with Gasteiger partial charge in [0.15, 0.2) is 0 Å². The molecular formula is C23H31N3O. The Kier molecular flexibility index (Phi) is 5.33. The Hall–Kier alpha value is -2.10. The molecule has 1 amide bonds.